The number of benzene rings is 1. The van der Waals surface area contributed by atoms with Gasteiger partial charge in [0.2, 0.25) is 0 Å². The maximum Gasteiger partial charge on any atom is 0.166 e. The number of nitriles is 1. The molecule has 9 heteroatoms. The third-order valence-corrected chi connectivity index (χ3v) is 5.20. The Labute approximate surface area is 176 Å². The molecule has 8 nitrogen and oxygen atoms in total. The molecule has 2 bridgehead atoms. The molecule has 0 aliphatic carbocycles. The summed E-state index contributed by atoms with van der Waals surface area (Å²) < 4.78 is 21.9. The molecule has 4 aromatic rings. The summed E-state index contributed by atoms with van der Waals surface area (Å²) in [4.78, 5) is 13.2. The second-order valence-corrected chi connectivity index (χ2v) is 7.13. The van der Waals surface area contributed by atoms with Crippen molar-refractivity contribution in [2.75, 3.05) is 5.73 Å². The minimum Gasteiger partial charge on any atom is -0.482 e. The molecule has 1 aliphatic rings. The number of nitrogens with two attached hydrogens (primary N) is 1. The first-order chi connectivity index (χ1) is 15.0. The Kier molecular flexibility index (Phi) is 4.33. The summed E-state index contributed by atoms with van der Waals surface area (Å²) in [7, 11) is 0. The maximum absolute atomic E-state index is 14.2. The molecule has 0 saturated heterocycles. The van der Waals surface area contributed by atoms with E-state index in [2.05, 4.69) is 26.1 Å². The van der Waals surface area contributed by atoms with Crippen molar-refractivity contribution in [2.24, 2.45) is 0 Å². The first kappa shape index (κ1) is 18.7. The van der Waals surface area contributed by atoms with Gasteiger partial charge in [-0.05, 0) is 31.2 Å². The van der Waals surface area contributed by atoms with E-state index in [1.54, 1.807) is 42.3 Å². The molecule has 4 heterocycles. The van der Waals surface area contributed by atoms with Crippen LogP contribution in [-0.2, 0) is 6.54 Å². The average molecular weight is 413 g/mol. The minimum absolute atomic E-state index is 0.190. The van der Waals surface area contributed by atoms with Crippen molar-refractivity contribution in [1.82, 2.24) is 24.7 Å². The van der Waals surface area contributed by atoms with E-state index < -0.39 is 6.10 Å². The highest BCUT2D eigenvalue weighted by atomic mass is 19.1. The number of hydrogen-bond acceptors (Lipinski definition) is 7. The molecule has 0 amide bonds. The topological polar surface area (TPSA) is 116 Å². The van der Waals surface area contributed by atoms with Crippen LogP contribution in [0, 0.1) is 17.1 Å². The van der Waals surface area contributed by atoms with Crippen molar-refractivity contribution in [2.45, 2.75) is 19.6 Å². The SMILES string of the molecule is CC1Oc2cc(cnc2N)-c2c(C#N)cnn2Cc2nccnc2-c2ccc(F)cc21. The summed E-state index contributed by atoms with van der Waals surface area (Å²) in [5.41, 5.74) is 10.1. The summed E-state index contributed by atoms with van der Waals surface area (Å²) >= 11 is 0. The Morgan fingerprint density at radius 3 is 2.87 bits per heavy atom. The van der Waals surface area contributed by atoms with Crippen LogP contribution in [0.1, 0.15) is 29.8 Å². The van der Waals surface area contributed by atoms with E-state index in [-0.39, 0.29) is 18.2 Å². The van der Waals surface area contributed by atoms with Gasteiger partial charge in [-0.3, -0.25) is 14.6 Å². The van der Waals surface area contributed by atoms with E-state index in [0.717, 1.165) is 0 Å². The van der Waals surface area contributed by atoms with Gasteiger partial charge in [0, 0.05) is 35.3 Å². The summed E-state index contributed by atoms with van der Waals surface area (Å²) in [6.45, 7) is 2.06. The number of fused-ring (bicyclic) bond motifs is 7. The van der Waals surface area contributed by atoms with Crippen LogP contribution in [0.2, 0.25) is 0 Å². The zero-order valence-electron chi connectivity index (χ0n) is 16.5. The molecular weight excluding hydrogens is 397 g/mol. The number of nitrogen functional groups attached to an aromatic ring is 1. The molecule has 1 unspecified atom stereocenters. The van der Waals surface area contributed by atoms with Crippen molar-refractivity contribution in [3.63, 3.8) is 0 Å². The highest BCUT2D eigenvalue weighted by molar-refractivity contribution is 5.71. The smallest absolute Gasteiger partial charge is 0.166 e. The van der Waals surface area contributed by atoms with Gasteiger partial charge in [0.1, 0.15) is 18.0 Å². The first-order valence-corrected chi connectivity index (χ1v) is 9.53. The molecule has 1 aromatic carbocycles. The fraction of sp³-hybridized carbons (Fsp3) is 0.136. The van der Waals surface area contributed by atoms with Crippen molar-refractivity contribution in [3.05, 3.63) is 71.7 Å². The van der Waals surface area contributed by atoms with Crippen molar-refractivity contribution < 1.29 is 9.13 Å². The predicted molar refractivity (Wildman–Crippen MR) is 110 cm³/mol. The van der Waals surface area contributed by atoms with Crippen molar-refractivity contribution in [3.8, 4) is 34.3 Å². The fourth-order valence-electron chi connectivity index (χ4n) is 3.76. The maximum atomic E-state index is 14.2. The lowest BCUT2D eigenvalue weighted by Gasteiger charge is -2.21. The van der Waals surface area contributed by atoms with Crippen molar-refractivity contribution in [1.29, 1.82) is 5.26 Å². The lowest BCUT2D eigenvalue weighted by Crippen LogP contribution is -2.13. The second-order valence-electron chi connectivity index (χ2n) is 7.13. The van der Waals surface area contributed by atoms with Crippen LogP contribution in [0.5, 0.6) is 5.75 Å². The normalized spacial score (nSPS) is 14.7. The molecule has 0 spiro atoms. The van der Waals surface area contributed by atoms with Crippen LogP contribution in [-0.4, -0.2) is 24.7 Å². The van der Waals surface area contributed by atoms with Crippen LogP contribution in [0.4, 0.5) is 10.2 Å². The largest absolute Gasteiger partial charge is 0.482 e. The van der Waals surface area contributed by atoms with Gasteiger partial charge in [-0.25, -0.2) is 9.37 Å². The predicted octanol–water partition coefficient (Wildman–Crippen LogP) is 3.50. The van der Waals surface area contributed by atoms with Gasteiger partial charge < -0.3 is 10.5 Å². The fourth-order valence-corrected chi connectivity index (χ4v) is 3.76. The van der Waals surface area contributed by atoms with Gasteiger partial charge in [-0.2, -0.15) is 10.4 Å². The summed E-state index contributed by atoms with van der Waals surface area (Å²) in [6.07, 6.45) is 5.68. The summed E-state index contributed by atoms with van der Waals surface area (Å²) in [6, 6.07) is 8.33. The van der Waals surface area contributed by atoms with Gasteiger partial charge in [0.05, 0.1) is 35.4 Å². The highest BCUT2D eigenvalue weighted by Crippen LogP contribution is 2.36. The molecule has 0 saturated carbocycles. The molecule has 0 radical (unpaired) electrons. The van der Waals surface area contributed by atoms with Crippen LogP contribution in [0.15, 0.2) is 49.1 Å². The Bertz CT molecular complexity index is 1360. The first-order valence-electron chi connectivity index (χ1n) is 9.53. The molecule has 3 aromatic heterocycles. The van der Waals surface area contributed by atoms with E-state index in [9.17, 15) is 9.65 Å². The van der Waals surface area contributed by atoms with E-state index in [1.807, 2.05) is 0 Å². The Morgan fingerprint density at radius 2 is 2.03 bits per heavy atom. The van der Waals surface area contributed by atoms with Crippen LogP contribution >= 0.6 is 0 Å². The Balaban J connectivity index is 1.83. The molecule has 2 N–H and O–H groups in total. The number of ether oxygens (including phenoxy) is 1. The monoisotopic (exact) mass is 413 g/mol. The Morgan fingerprint density at radius 1 is 1.19 bits per heavy atom. The van der Waals surface area contributed by atoms with Gasteiger partial charge in [-0.1, -0.05) is 0 Å². The zero-order chi connectivity index (χ0) is 21.5. The number of pyridine rings is 1. The zero-order valence-corrected chi connectivity index (χ0v) is 16.5. The van der Waals surface area contributed by atoms with Gasteiger partial charge >= 0.3 is 0 Å². The molecule has 5 rings (SSSR count). The highest BCUT2D eigenvalue weighted by Gasteiger charge is 2.23. The molecule has 1 atom stereocenters. The second kappa shape index (κ2) is 7.18. The summed E-state index contributed by atoms with van der Waals surface area (Å²) in [5, 5.41) is 14.0. The quantitative estimate of drug-likeness (QED) is 0.469. The molecule has 31 heavy (non-hydrogen) atoms. The van der Waals surface area contributed by atoms with E-state index in [0.29, 0.717) is 45.1 Å². The number of aromatic nitrogens is 5. The van der Waals surface area contributed by atoms with Crippen LogP contribution in [0.3, 0.4) is 0 Å². The summed E-state index contributed by atoms with van der Waals surface area (Å²) in [5.74, 6) is 0.131. The lowest BCUT2D eigenvalue weighted by molar-refractivity contribution is 0.227. The van der Waals surface area contributed by atoms with Gasteiger partial charge in [0.25, 0.3) is 0 Å². The van der Waals surface area contributed by atoms with Crippen LogP contribution < -0.4 is 10.5 Å². The Hall–Kier alpha value is -4.32. The lowest BCUT2D eigenvalue weighted by atomic mass is 9.98. The minimum atomic E-state index is -0.556. The van der Waals surface area contributed by atoms with Gasteiger partial charge in [-0.15, -0.1) is 0 Å². The number of anilines is 1. The average Bonchev–Trinajstić information content (AvgIpc) is 3.17. The standard InChI is InChI=1S/C22H16FN7O/c1-12-17-7-15(23)2-3-16(17)20-18(26-4-5-27-20)11-30-21(14(8-24)10-29-30)13-6-19(31-12)22(25)28-9-13/h2-7,9-10,12H,11H2,1H3,(H2,25,28). The number of nitrogens with zero attached hydrogens (tertiary/aromatic N) is 6. The number of rotatable bonds is 0. The van der Waals surface area contributed by atoms with Crippen molar-refractivity contribution >= 4 is 5.82 Å². The molecule has 152 valence electrons. The third kappa shape index (κ3) is 3.14. The molecule has 0 fully saturated rings. The van der Waals surface area contributed by atoms with Gasteiger partial charge in [0.15, 0.2) is 11.6 Å². The molecular formula is C22H16FN7O. The number of hydrogen-bond donors (Lipinski definition) is 1. The van der Waals surface area contributed by atoms with Crippen LogP contribution in [0.25, 0.3) is 22.5 Å². The third-order valence-electron chi connectivity index (χ3n) is 5.20. The molecule has 1 aliphatic heterocycles. The van der Waals surface area contributed by atoms with E-state index >= 15 is 0 Å². The van der Waals surface area contributed by atoms with E-state index in [1.165, 1.54) is 18.3 Å². The van der Waals surface area contributed by atoms with E-state index in [4.69, 9.17) is 10.5 Å². The number of halogens is 1.